The molecular formula is C7H11N2O2+. The number of nitrogens with zero attached hydrogens (tertiary/aromatic N) is 1. The Kier molecular flexibility index (Phi) is 1.34. The molecule has 0 radical (unpaired) electrons. The van der Waals surface area contributed by atoms with E-state index in [9.17, 15) is 4.79 Å². The third-order valence-corrected chi connectivity index (χ3v) is 2.24. The fourth-order valence-corrected chi connectivity index (χ4v) is 1.58. The Balaban J connectivity index is 2.55. The second kappa shape index (κ2) is 2.22. The van der Waals surface area contributed by atoms with Crippen molar-refractivity contribution in [3.8, 4) is 0 Å². The minimum atomic E-state index is -0.212. The zero-order valence-electron chi connectivity index (χ0n) is 6.46. The molecule has 0 saturated heterocycles. The van der Waals surface area contributed by atoms with Crippen LogP contribution in [-0.4, -0.2) is 5.27 Å². The highest BCUT2D eigenvalue weighted by molar-refractivity contribution is 4.85. The molecule has 1 aliphatic heterocycles. The molecule has 0 bridgehead atoms. The minimum absolute atomic E-state index is 0.212. The van der Waals surface area contributed by atoms with Crippen LogP contribution < -0.4 is 10.3 Å². The van der Waals surface area contributed by atoms with Crippen LogP contribution in [0.2, 0.25) is 0 Å². The molecule has 1 aromatic rings. The SMILES string of the molecule is CC1CCCc2c(=O)o[nH][n+]21. The number of fused-ring (bicyclic) bond motifs is 1. The quantitative estimate of drug-likeness (QED) is 0.542. The molecule has 2 heterocycles. The number of hydrogen-bond donors (Lipinski definition) is 1. The fourth-order valence-electron chi connectivity index (χ4n) is 1.58. The maximum absolute atomic E-state index is 11.0. The van der Waals surface area contributed by atoms with Gasteiger partial charge >= 0.3 is 5.63 Å². The molecule has 0 fully saturated rings. The van der Waals surface area contributed by atoms with Gasteiger partial charge in [-0.05, 0) is 11.7 Å². The smallest absolute Gasteiger partial charge is 0.283 e. The second-order valence-electron chi connectivity index (χ2n) is 3.04. The van der Waals surface area contributed by atoms with Crippen LogP contribution in [-0.2, 0) is 6.42 Å². The number of H-pyrrole nitrogens is 1. The minimum Gasteiger partial charge on any atom is -0.283 e. The maximum Gasteiger partial charge on any atom is 0.429 e. The Morgan fingerprint density at radius 2 is 2.55 bits per heavy atom. The molecule has 0 aromatic carbocycles. The molecule has 0 saturated carbocycles. The number of nitrogens with one attached hydrogen (secondary N) is 1. The molecule has 1 aromatic heterocycles. The van der Waals surface area contributed by atoms with Crippen molar-refractivity contribution < 1.29 is 9.20 Å². The van der Waals surface area contributed by atoms with Crippen LogP contribution in [0.3, 0.4) is 0 Å². The summed E-state index contributed by atoms with van der Waals surface area (Å²) in [6, 6.07) is 0.380. The van der Waals surface area contributed by atoms with Gasteiger partial charge in [0.15, 0.2) is 6.04 Å². The van der Waals surface area contributed by atoms with Gasteiger partial charge in [-0.15, -0.1) is 0 Å². The third-order valence-electron chi connectivity index (χ3n) is 2.24. The lowest BCUT2D eigenvalue weighted by Gasteiger charge is -2.07. The van der Waals surface area contributed by atoms with Crippen molar-refractivity contribution in [2.75, 3.05) is 0 Å². The summed E-state index contributed by atoms with van der Waals surface area (Å²) in [5.74, 6) is 0. The molecule has 4 nitrogen and oxygen atoms in total. The lowest BCUT2D eigenvalue weighted by molar-refractivity contribution is -0.792. The van der Waals surface area contributed by atoms with E-state index in [0.717, 1.165) is 25.0 Å². The monoisotopic (exact) mass is 155 g/mol. The number of rotatable bonds is 0. The van der Waals surface area contributed by atoms with E-state index in [0.29, 0.717) is 6.04 Å². The van der Waals surface area contributed by atoms with Crippen LogP contribution in [0, 0.1) is 0 Å². The van der Waals surface area contributed by atoms with Crippen molar-refractivity contribution in [2.24, 2.45) is 0 Å². The molecule has 1 unspecified atom stereocenters. The summed E-state index contributed by atoms with van der Waals surface area (Å²) < 4.78 is 6.50. The predicted molar refractivity (Wildman–Crippen MR) is 37.2 cm³/mol. The largest absolute Gasteiger partial charge is 0.429 e. The van der Waals surface area contributed by atoms with Gasteiger partial charge in [-0.1, -0.05) is 4.68 Å². The van der Waals surface area contributed by atoms with Crippen molar-refractivity contribution in [2.45, 2.75) is 32.2 Å². The molecule has 11 heavy (non-hydrogen) atoms. The summed E-state index contributed by atoms with van der Waals surface area (Å²) in [6.07, 6.45) is 3.05. The van der Waals surface area contributed by atoms with Crippen LogP contribution in [0.1, 0.15) is 31.5 Å². The van der Waals surface area contributed by atoms with E-state index in [-0.39, 0.29) is 5.63 Å². The molecule has 1 atom stereocenters. The molecule has 1 N–H and O–H groups in total. The van der Waals surface area contributed by atoms with Crippen LogP contribution in [0.4, 0.5) is 0 Å². The lowest BCUT2D eigenvalue weighted by Crippen LogP contribution is -2.47. The van der Waals surface area contributed by atoms with Crippen molar-refractivity contribution in [3.63, 3.8) is 0 Å². The molecule has 4 heteroatoms. The highest BCUT2D eigenvalue weighted by atomic mass is 16.5. The first-order chi connectivity index (χ1) is 5.29. The molecule has 2 rings (SSSR count). The summed E-state index contributed by atoms with van der Waals surface area (Å²) in [5, 5.41) is 2.60. The van der Waals surface area contributed by atoms with E-state index >= 15 is 0 Å². The van der Waals surface area contributed by atoms with Gasteiger partial charge < -0.3 is 0 Å². The third kappa shape index (κ3) is 0.895. The molecule has 0 spiro atoms. The Hall–Kier alpha value is -1.06. The average molecular weight is 155 g/mol. The van der Waals surface area contributed by atoms with Crippen LogP contribution in [0.5, 0.6) is 0 Å². The van der Waals surface area contributed by atoms with E-state index in [1.54, 1.807) is 0 Å². The summed E-state index contributed by atoms with van der Waals surface area (Å²) in [4.78, 5) is 11.0. The average Bonchev–Trinajstić information content (AvgIpc) is 2.35. The van der Waals surface area contributed by atoms with E-state index in [1.807, 2.05) is 4.68 Å². The van der Waals surface area contributed by atoms with E-state index in [1.165, 1.54) is 0 Å². The normalized spacial score (nSPS) is 23.2. The first-order valence-corrected chi connectivity index (χ1v) is 3.91. The van der Waals surface area contributed by atoms with Gasteiger partial charge in [0.1, 0.15) is 0 Å². The first-order valence-electron chi connectivity index (χ1n) is 3.91. The molecular weight excluding hydrogens is 144 g/mol. The van der Waals surface area contributed by atoms with Crippen molar-refractivity contribution >= 4 is 0 Å². The Bertz CT molecular complexity index is 312. The topological polar surface area (TPSA) is 49.9 Å². The summed E-state index contributed by atoms with van der Waals surface area (Å²) in [7, 11) is 0. The van der Waals surface area contributed by atoms with Crippen molar-refractivity contribution in [1.82, 2.24) is 5.27 Å². The second-order valence-corrected chi connectivity index (χ2v) is 3.04. The van der Waals surface area contributed by atoms with Crippen LogP contribution in [0.25, 0.3) is 0 Å². The summed E-state index contributed by atoms with van der Waals surface area (Å²) >= 11 is 0. The van der Waals surface area contributed by atoms with Crippen LogP contribution >= 0.6 is 0 Å². The molecule has 0 amide bonds. The number of aromatic amines is 1. The van der Waals surface area contributed by atoms with Gasteiger partial charge in [0, 0.05) is 19.8 Å². The van der Waals surface area contributed by atoms with Gasteiger partial charge in [0.25, 0.3) is 5.69 Å². The lowest BCUT2D eigenvalue weighted by atomic mass is 10.1. The van der Waals surface area contributed by atoms with Gasteiger partial charge in [-0.3, -0.25) is 4.52 Å². The summed E-state index contributed by atoms with van der Waals surface area (Å²) in [6.45, 7) is 2.08. The van der Waals surface area contributed by atoms with Gasteiger partial charge in [0.05, 0.1) is 0 Å². The van der Waals surface area contributed by atoms with E-state index in [4.69, 9.17) is 0 Å². The Morgan fingerprint density at radius 3 is 3.27 bits per heavy atom. The highest BCUT2D eigenvalue weighted by Crippen LogP contribution is 2.12. The predicted octanol–water partition coefficient (Wildman–Crippen LogP) is 0.153. The van der Waals surface area contributed by atoms with Crippen molar-refractivity contribution in [1.29, 1.82) is 0 Å². The molecule has 0 aliphatic carbocycles. The van der Waals surface area contributed by atoms with E-state index < -0.39 is 0 Å². The highest BCUT2D eigenvalue weighted by Gasteiger charge is 2.29. The number of hydrogen-bond acceptors (Lipinski definition) is 2. The van der Waals surface area contributed by atoms with Gasteiger partial charge in [0.2, 0.25) is 0 Å². The van der Waals surface area contributed by atoms with Crippen molar-refractivity contribution in [3.05, 3.63) is 16.1 Å². The molecule has 1 aliphatic rings. The summed E-state index contributed by atoms with van der Waals surface area (Å²) in [5.41, 5.74) is 0.570. The zero-order valence-corrected chi connectivity index (χ0v) is 6.46. The van der Waals surface area contributed by atoms with Crippen LogP contribution in [0.15, 0.2) is 9.32 Å². The standard InChI is InChI=1S/C7H10N2O2/c1-5-3-2-4-6-7(10)11-8-9(5)6/h5H,2-4H2,1H3/p+1. The van der Waals surface area contributed by atoms with E-state index in [2.05, 4.69) is 16.7 Å². The number of aromatic nitrogens is 2. The van der Waals surface area contributed by atoms with Gasteiger partial charge in [-0.25, -0.2) is 4.79 Å². The van der Waals surface area contributed by atoms with Gasteiger partial charge in [-0.2, -0.15) is 0 Å². The maximum atomic E-state index is 11.0. The first kappa shape index (κ1) is 6.64. The Morgan fingerprint density at radius 1 is 1.73 bits per heavy atom. The zero-order chi connectivity index (χ0) is 7.84. The fraction of sp³-hybridized carbons (Fsp3) is 0.714. The molecule has 60 valence electrons. The Labute approximate surface area is 63.8 Å².